The van der Waals surface area contributed by atoms with E-state index >= 15 is 0 Å². The molecule has 0 spiro atoms. The first-order valence-corrected chi connectivity index (χ1v) is 6.43. The molecule has 20 heavy (non-hydrogen) atoms. The average molecular weight is 283 g/mol. The standard InChI is InChI=1S/C15H10FN3S/c1-9-4-2-6-12(10(9)8-17)19-13-7-3-5-11(16)14(13)18-15(19)20/h2-7H,1H3,(H,18,20). The van der Waals surface area contributed by atoms with Crippen molar-refractivity contribution in [2.45, 2.75) is 6.92 Å². The number of aryl methyl sites for hydroxylation is 1. The van der Waals surface area contributed by atoms with Gasteiger partial charge < -0.3 is 4.98 Å². The predicted octanol–water partition coefficient (Wildman–Crippen LogP) is 4.01. The maximum absolute atomic E-state index is 13.8. The fourth-order valence-electron chi connectivity index (χ4n) is 2.32. The van der Waals surface area contributed by atoms with E-state index in [9.17, 15) is 9.65 Å². The number of nitriles is 1. The van der Waals surface area contributed by atoms with E-state index in [0.717, 1.165) is 5.56 Å². The summed E-state index contributed by atoms with van der Waals surface area (Å²) in [4.78, 5) is 2.86. The first kappa shape index (κ1) is 12.6. The SMILES string of the molecule is Cc1cccc(-n2c(=S)[nH]c3c(F)cccc32)c1C#N. The zero-order valence-corrected chi connectivity index (χ0v) is 11.5. The second-order valence-electron chi connectivity index (χ2n) is 4.48. The van der Waals surface area contributed by atoms with Crippen LogP contribution in [0.25, 0.3) is 16.7 Å². The Bertz CT molecular complexity index is 915. The number of aromatic amines is 1. The number of hydrogen-bond acceptors (Lipinski definition) is 2. The smallest absolute Gasteiger partial charge is 0.182 e. The van der Waals surface area contributed by atoms with Crippen LogP contribution >= 0.6 is 12.2 Å². The van der Waals surface area contributed by atoms with Crippen LogP contribution in [0.1, 0.15) is 11.1 Å². The summed E-state index contributed by atoms with van der Waals surface area (Å²) in [5.74, 6) is -0.362. The Labute approximate surface area is 119 Å². The fraction of sp³-hybridized carbons (Fsp3) is 0.0667. The van der Waals surface area contributed by atoms with Crippen LogP contribution in [0.15, 0.2) is 36.4 Å². The molecule has 0 amide bonds. The van der Waals surface area contributed by atoms with Gasteiger partial charge in [0.2, 0.25) is 0 Å². The monoisotopic (exact) mass is 283 g/mol. The number of imidazole rings is 1. The first-order valence-electron chi connectivity index (χ1n) is 6.03. The van der Waals surface area contributed by atoms with Crippen LogP contribution in [0.4, 0.5) is 4.39 Å². The van der Waals surface area contributed by atoms with Crippen molar-refractivity contribution in [1.82, 2.24) is 9.55 Å². The van der Waals surface area contributed by atoms with Crippen LogP contribution in [0.2, 0.25) is 0 Å². The summed E-state index contributed by atoms with van der Waals surface area (Å²) in [7, 11) is 0. The summed E-state index contributed by atoms with van der Waals surface area (Å²) in [6.07, 6.45) is 0. The minimum Gasteiger partial charge on any atom is -0.328 e. The molecule has 0 unspecified atom stereocenters. The van der Waals surface area contributed by atoms with Crippen molar-refractivity contribution in [2.24, 2.45) is 0 Å². The molecule has 5 heteroatoms. The third-order valence-electron chi connectivity index (χ3n) is 3.27. The second kappa shape index (κ2) is 4.58. The van der Waals surface area contributed by atoms with Gasteiger partial charge in [-0.1, -0.05) is 18.2 Å². The highest BCUT2D eigenvalue weighted by molar-refractivity contribution is 7.71. The van der Waals surface area contributed by atoms with Gasteiger partial charge in [-0.3, -0.25) is 4.57 Å². The highest BCUT2D eigenvalue weighted by Gasteiger charge is 2.13. The lowest BCUT2D eigenvalue weighted by Crippen LogP contribution is -1.99. The van der Waals surface area contributed by atoms with Gasteiger partial charge in [0.15, 0.2) is 4.77 Å². The molecule has 1 N–H and O–H groups in total. The molecule has 0 aliphatic carbocycles. The van der Waals surface area contributed by atoms with Gasteiger partial charge in [0.1, 0.15) is 17.4 Å². The topological polar surface area (TPSA) is 44.5 Å². The Hall–Kier alpha value is -2.45. The molecule has 0 radical (unpaired) electrons. The number of H-pyrrole nitrogens is 1. The summed E-state index contributed by atoms with van der Waals surface area (Å²) in [5, 5.41) is 9.33. The molecule has 0 atom stereocenters. The van der Waals surface area contributed by atoms with Gasteiger partial charge in [-0.25, -0.2) is 4.39 Å². The molecule has 3 aromatic rings. The highest BCUT2D eigenvalue weighted by atomic mass is 32.1. The van der Waals surface area contributed by atoms with E-state index < -0.39 is 0 Å². The molecule has 0 bridgehead atoms. The van der Waals surface area contributed by atoms with Gasteiger partial charge in [0.25, 0.3) is 0 Å². The van der Waals surface area contributed by atoms with Crippen LogP contribution in [0.5, 0.6) is 0 Å². The van der Waals surface area contributed by atoms with Crippen LogP contribution < -0.4 is 0 Å². The van der Waals surface area contributed by atoms with Crippen LogP contribution in [0, 0.1) is 28.8 Å². The third kappa shape index (κ3) is 1.74. The van der Waals surface area contributed by atoms with E-state index in [1.807, 2.05) is 19.1 Å². The van der Waals surface area contributed by atoms with E-state index in [4.69, 9.17) is 12.2 Å². The van der Waals surface area contributed by atoms with Crippen LogP contribution in [-0.2, 0) is 0 Å². The van der Waals surface area contributed by atoms with Crippen molar-refractivity contribution in [3.8, 4) is 11.8 Å². The number of fused-ring (bicyclic) bond motifs is 1. The quantitative estimate of drug-likeness (QED) is 0.686. The molecular formula is C15H10FN3S. The lowest BCUT2D eigenvalue weighted by molar-refractivity contribution is 0.637. The van der Waals surface area contributed by atoms with Crippen LogP contribution in [-0.4, -0.2) is 9.55 Å². The van der Waals surface area contributed by atoms with Gasteiger partial charge in [0, 0.05) is 0 Å². The van der Waals surface area contributed by atoms with Crippen molar-refractivity contribution in [2.75, 3.05) is 0 Å². The summed E-state index contributed by atoms with van der Waals surface area (Å²) < 4.78 is 15.9. The van der Waals surface area contributed by atoms with Crippen molar-refractivity contribution >= 4 is 23.3 Å². The van der Waals surface area contributed by atoms with Crippen molar-refractivity contribution in [3.05, 3.63) is 58.1 Å². The number of benzene rings is 2. The number of nitrogens with zero attached hydrogens (tertiary/aromatic N) is 2. The molecule has 0 fully saturated rings. The molecule has 0 aliphatic heterocycles. The maximum Gasteiger partial charge on any atom is 0.182 e. The Morgan fingerprint density at radius 1 is 1.25 bits per heavy atom. The summed E-state index contributed by atoms with van der Waals surface area (Å²) in [6, 6.07) is 12.5. The minimum atomic E-state index is -0.362. The Balaban J connectivity index is 2.46. The molecule has 3 nitrogen and oxygen atoms in total. The van der Waals surface area contributed by atoms with E-state index in [1.165, 1.54) is 6.07 Å². The number of hydrogen-bond donors (Lipinski definition) is 1. The normalized spacial score (nSPS) is 10.7. The maximum atomic E-state index is 13.8. The second-order valence-corrected chi connectivity index (χ2v) is 4.87. The highest BCUT2D eigenvalue weighted by Crippen LogP contribution is 2.25. The van der Waals surface area contributed by atoms with Gasteiger partial charge >= 0.3 is 0 Å². The number of rotatable bonds is 1. The van der Waals surface area contributed by atoms with Gasteiger partial charge in [-0.15, -0.1) is 0 Å². The first-order chi connectivity index (χ1) is 9.63. The van der Waals surface area contributed by atoms with Crippen molar-refractivity contribution < 1.29 is 4.39 Å². The molecule has 1 heterocycles. The lowest BCUT2D eigenvalue weighted by atomic mass is 10.1. The summed E-state index contributed by atoms with van der Waals surface area (Å²) in [6.45, 7) is 1.86. The molecule has 1 aromatic heterocycles. The molecule has 0 aliphatic rings. The Morgan fingerprint density at radius 3 is 2.75 bits per heavy atom. The number of nitrogens with one attached hydrogen (secondary N) is 1. The minimum absolute atomic E-state index is 0.350. The molecule has 3 rings (SSSR count). The summed E-state index contributed by atoms with van der Waals surface area (Å²) >= 11 is 5.28. The molecule has 98 valence electrons. The number of para-hydroxylation sites is 1. The molecule has 0 saturated carbocycles. The van der Waals surface area contributed by atoms with E-state index in [1.54, 1.807) is 22.8 Å². The van der Waals surface area contributed by atoms with E-state index in [2.05, 4.69) is 11.1 Å². The number of aromatic nitrogens is 2. The lowest BCUT2D eigenvalue weighted by Gasteiger charge is -2.08. The zero-order valence-electron chi connectivity index (χ0n) is 10.6. The van der Waals surface area contributed by atoms with E-state index in [0.29, 0.717) is 27.1 Å². The van der Waals surface area contributed by atoms with Gasteiger partial charge in [-0.05, 0) is 42.9 Å². The third-order valence-corrected chi connectivity index (χ3v) is 3.56. The Morgan fingerprint density at radius 2 is 2.00 bits per heavy atom. The summed E-state index contributed by atoms with van der Waals surface area (Å²) in [5.41, 5.74) is 3.03. The van der Waals surface area contributed by atoms with Crippen molar-refractivity contribution in [3.63, 3.8) is 0 Å². The molecule has 0 saturated heterocycles. The van der Waals surface area contributed by atoms with E-state index in [-0.39, 0.29) is 5.82 Å². The largest absolute Gasteiger partial charge is 0.328 e. The predicted molar refractivity (Wildman–Crippen MR) is 77.9 cm³/mol. The van der Waals surface area contributed by atoms with Gasteiger partial charge in [0.05, 0.1) is 16.8 Å². The number of halogens is 1. The molecular weight excluding hydrogens is 273 g/mol. The van der Waals surface area contributed by atoms with Gasteiger partial charge in [-0.2, -0.15) is 5.26 Å². The van der Waals surface area contributed by atoms with Crippen LogP contribution in [0.3, 0.4) is 0 Å². The molecule has 2 aromatic carbocycles. The zero-order chi connectivity index (χ0) is 14.3. The average Bonchev–Trinajstić information content (AvgIpc) is 2.76. The fourth-order valence-corrected chi connectivity index (χ4v) is 2.62. The Kier molecular flexibility index (Phi) is 2.88. The van der Waals surface area contributed by atoms with Crippen molar-refractivity contribution in [1.29, 1.82) is 5.26 Å².